The molecule has 1 saturated heterocycles. The maximum Gasteiger partial charge on any atom is 0.229 e. The molecule has 2 aliphatic rings. The van der Waals surface area contributed by atoms with Gasteiger partial charge in [0, 0.05) is 60.6 Å². The second-order valence-corrected chi connectivity index (χ2v) is 9.21. The van der Waals surface area contributed by atoms with Gasteiger partial charge in [-0.3, -0.25) is 14.6 Å². The molecule has 1 fully saturated rings. The number of benzene rings is 2. The number of anilines is 2. The highest BCUT2D eigenvalue weighted by Crippen LogP contribution is 2.33. The summed E-state index contributed by atoms with van der Waals surface area (Å²) in [4.78, 5) is 18.3. The van der Waals surface area contributed by atoms with Crippen LogP contribution >= 0.6 is 11.3 Å². The van der Waals surface area contributed by atoms with Crippen molar-refractivity contribution in [2.75, 3.05) is 49.3 Å². The summed E-state index contributed by atoms with van der Waals surface area (Å²) in [7, 11) is 0. The molecule has 0 saturated carbocycles. The molecule has 31 heavy (non-hydrogen) atoms. The lowest BCUT2D eigenvalue weighted by Crippen LogP contribution is -2.47. The second-order valence-electron chi connectivity index (χ2n) is 8.26. The molecule has 3 aromatic rings. The molecule has 1 N–H and O–H groups in total. The summed E-state index contributed by atoms with van der Waals surface area (Å²) in [5.74, 6) is -0.185. The Kier molecular flexibility index (Phi) is 5.65. The van der Waals surface area contributed by atoms with Gasteiger partial charge in [-0.1, -0.05) is 12.1 Å². The van der Waals surface area contributed by atoms with Crippen LogP contribution < -0.4 is 9.80 Å². The van der Waals surface area contributed by atoms with E-state index in [2.05, 4.69) is 34.1 Å². The third kappa shape index (κ3) is 4.05. The van der Waals surface area contributed by atoms with Gasteiger partial charge in [-0.25, -0.2) is 4.39 Å². The van der Waals surface area contributed by atoms with Crippen molar-refractivity contribution < 1.29 is 14.3 Å². The van der Waals surface area contributed by atoms with Crippen molar-refractivity contribution >= 4 is 38.7 Å². The number of aliphatic hydroxyl groups is 1. The molecule has 7 heteroatoms. The summed E-state index contributed by atoms with van der Waals surface area (Å²) in [6.07, 6.45) is 2.10. The highest BCUT2D eigenvalue weighted by Gasteiger charge is 2.24. The highest BCUT2D eigenvalue weighted by atomic mass is 32.1. The first-order chi connectivity index (χ1) is 15.1. The van der Waals surface area contributed by atoms with Crippen LogP contribution in [0.4, 0.5) is 15.8 Å². The Hall–Kier alpha value is -2.48. The van der Waals surface area contributed by atoms with E-state index in [-0.39, 0.29) is 18.5 Å². The van der Waals surface area contributed by atoms with Gasteiger partial charge in [0.15, 0.2) is 0 Å². The number of rotatable bonds is 5. The zero-order valence-corrected chi connectivity index (χ0v) is 18.2. The Morgan fingerprint density at radius 3 is 2.65 bits per heavy atom. The maximum atomic E-state index is 14.0. The quantitative estimate of drug-likeness (QED) is 0.660. The lowest BCUT2D eigenvalue weighted by atomic mass is 9.98. The molecule has 1 aromatic heterocycles. The first kappa shape index (κ1) is 20.4. The van der Waals surface area contributed by atoms with Crippen LogP contribution in [0.15, 0.2) is 41.8 Å². The van der Waals surface area contributed by atoms with E-state index >= 15 is 0 Å². The van der Waals surface area contributed by atoms with E-state index in [0.29, 0.717) is 6.42 Å². The molecule has 162 valence electrons. The van der Waals surface area contributed by atoms with Gasteiger partial charge >= 0.3 is 0 Å². The molecule has 1 amide bonds. The summed E-state index contributed by atoms with van der Waals surface area (Å²) >= 11 is 1.58. The van der Waals surface area contributed by atoms with Crippen molar-refractivity contribution in [3.05, 3.63) is 58.7 Å². The minimum absolute atomic E-state index is 0.0136. The van der Waals surface area contributed by atoms with Crippen LogP contribution in [0.1, 0.15) is 17.5 Å². The van der Waals surface area contributed by atoms with E-state index in [1.54, 1.807) is 23.5 Å². The number of aliphatic hydroxyl groups excluding tert-OH is 1. The van der Waals surface area contributed by atoms with Crippen LogP contribution in [0, 0.1) is 5.82 Å². The van der Waals surface area contributed by atoms with E-state index < -0.39 is 0 Å². The number of halogens is 1. The lowest BCUT2D eigenvalue weighted by Gasteiger charge is -2.36. The maximum absolute atomic E-state index is 14.0. The smallest absolute Gasteiger partial charge is 0.229 e. The predicted molar refractivity (Wildman–Crippen MR) is 123 cm³/mol. The molecule has 5 rings (SSSR count). The van der Waals surface area contributed by atoms with Gasteiger partial charge in [-0.15, -0.1) is 11.3 Å². The molecule has 2 aliphatic heterocycles. The Bertz CT molecular complexity index is 1110. The van der Waals surface area contributed by atoms with Crippen molar-refractivity contribution in [3.8, 4) is 0 Å². The Balaban J connectivity index is 1.21. The van der Waals surface area contributed by atoms with Gasteiger partial charge in [-0.2, -0.15) is 0 Å². The predicted octanol–water partition coefficient (Wildman–Crippen LogP) is 3.63. The van der Waals surface area contributed by atoms with Crippen molar-refractivity contribution in [3.63, 3.8) is 0 Å². The standard InChI is InChI=1S/C24H26FN3O2S/c25-19-14-22(20-6-12-31-23(20)15-19)27-10-8-26(9-11-27)7-5-17-1-2-18-3-4-24(30)28(16-29)21(18)13-17/h1-2,6,12-15,29H,3-5,7-11,16H2. The summed E-state index contributed by atoms with van der Waals surface area (Å²) in [5.41, 5.74) is 4.16. The van der Waals surface area contributed by atoms with E-state index in [9.17, 15) is 14.3 Å². The number of hydrogen-bond acceptors (Lipinski definition) is 5. The molecule has 5 nitrogen and oxygen atoms in total. The number of aryl methyl sites for hydroxylation is 1. The fraction of sp³-hybridized carbons (Fsp3) is 0.375. The molecule has 0 atom stereocenters. The van der Waals surface area contributed by atoms with Gasteiger partial charge in [0.1, 0.15) is 12.5 Å². The van der Waals surface area contributed by atoms with E-state index in [1.165, 1.54) is 10.5 Å². The lowest BCUT2D eigenvalue weighted by molar-refractivity contribution is -0.119. The minimum atomic E-state index is -0.269. The first-order valence-corrected chi connectivity index (χ1v) is 11.7. The Morgan fingerprint density at radius 1 is 1.00 bits per heavy atom. The molecule has 0 radical (unpaired) electrons. The van der Waals surface area contributed by atoms with Crippen LogP contribution in [0.5, 0.6) is 0 Å². The Labute approximate surface area is 185 Å². The third-order valence-corrected chi connectivity index (χ3v) is 7.30. The molecule has 3 heterocycles. The molecule has 0 unspecified atom stereocenters. The molecule has 0 spiro atoms. The van der Waals surface area contributed by atoms with Crippen molar-refractivity contribution in [2.45, 2.75) is 19.3 Å². The number of piperazine rings is 1. The van der Waals surface area contributed by atoms with Gasteiger partial charge in [0.2, 0.25) is 5.91 Å². The van der Waals surface area contributed by atoms with Crippen LogP contribution in [0.2, 0.25) is 0 Å². The van der Waals surface area contributed by atoms with Crippen LogP contribution in [-0.2, 0) is 17.6 Å². The summed E-state index contributed by atoms with van der Waals surface area (Å²) in [6, 6.07) is 11.6. The fourth-order valence-corrected chi connectivity index (χ4v) is 5.51. The summed E-state index contributed by atoms with van der Waals surface area (Å²) < 4.78 is 15.0. The van der Waals surface area contributed by atoms with Crippen LogP contribution in [0.3, 0.4) is 0 Å². The number of thiophene rings is 1. The number of carbonyl (C=O) groups is 1. The van der Waals surface area contributed by atoms with Crippen molar-refractivity contribution in [2.24, 2.45) is 0 Å². The van der Waals surface area contributed by atoms with Crippen molar-refractivity contribution in [1.29, 1.82) is 0 Å². The summed E-state index contributed by atoms with van der Waals surface area (Å²) in [6.45, 7) is 4.31. The normalized spacial score (nSPS) is 17.4. The number of fused-ring (bicyclic) bond motifs is 2. The van der Waals surface area contributed by atoms with Crippen molar-refractivity contribution in [1.82, 2.24) is 4.90 Å². The van der Waals surface area contributed by atoms with Gasteiger partial charge in [-0.05, 0) is 53.6 Å². The molecular weight excluding hydrogens is 413 g/mol. The van der Waals surface area contributed by atoms with Gasteiger partial charge < -0.3 is 10.0 Å². The molecule has 0 bridgehead atoms. The SMILES string of the molecule is O=C1CCc2ccc(CCN3CCN(c4cc(F)cc5sccc45)CC3)cc2N1CO. The Morgan fingerprint density at radius 2 is 1.84 bits per heavy atom. The topological polar surface area (TPSA) is 47.0 Å². The number of nitrogens with zero attached hydrogens (tertiary/aromatic N) is 3. The fourth-order valence-electron chi connectivity index (χ4n) is 4.67. The van der Waals surface area contributed by atoms with Crippen LogP contribution in [-0.4, -0.2) is 55.4 Å². The third-order valence-electron chi connectivity index (χ3n) is 6.44. The zero-order chi connectivity index (χ0) is 21.4. The minimum Gasteiger partial charge on any atom is -0.376 e. The number of amides is 1. The van der Waals surface area contributed by atoms with E-state index in [0.717, 1.165) is 72.6 Å². The molecule has 0 aliphatic carbocycles. The van der Waals surface area contributed by atoms with Gasteiger partial charge in [0.25, 0.3) is 0 Å². The van der Waals surface area contributed by atoms with Gasteiger partial charge in [0.05, 0.1) is 0 Å². The largest absolute Gasteiger partial charge is 0.376 e. The average Bonchev–Trinajstić information content (AvgIpc) is 3.26. The molecular formula is C24H26FN3O2S. The first-order valence-electron chi connectivity index (χ1n) is 10.8. The monoisotopic (exact) mass is 439 g/mol. The van der Waals surface area contributed by atoms with Crippen LogP contribution in [0.25, 0.3) is 10.1 Å². The average molecular weight is 440 g/mol. The number of carbonyl (C=O) groups excluding carboxylic acids is 1. The second kappa shape index (κ2) is 8.57. The molecule has 2 aromatic carbocycles. The van der Waals surface area contributed by atoms with E-state index in [4.69, 9.17) is 0 Å². The summed E-state index contributed by atoms with van der Waals surface area (Å²) in [5, 5.41) is 12.7. The van der Waals surface area contributed by atoms with E-state index in [1.807, 2.05) is 5.38 Å². The highest BCUT2D eigenvalue weighted by molar-refractivity contribution is 7.17. The zero-order valence-electron chi connectivity index (χ0n) is 17.4. The number of hydrogen-bond donors (Lipinski definition) is 1.